The Balaban J connectivity index is 1.66. The first kappa shape index (κ1) is 17.6. The molecular weight excluding hydrogens is 332 g/mol. The number of carbonyl (C=O) groups excluding carboxylic acids is 2. The van der Waals surface area contributed by atoms with Crippen molar-refractivity contribution in [2.45, 2.75) is 38.2 Å². The zero-order valence-electron chi connectivity index (χ0n) is 13.8. The molecule has 8 heteroatoms. The van der Waals surface area contributed by atoms with Crippen LogP contribution in [0.5, 0.6) is 5.88 Å². The van der Waals surface area contributed by atoms with Crippen LogP contribution in [0.2, 0.25) is 0 Å². The number of hydrogen-bond acceptors (Lipinski definition) is 4. The van der Waals surface area contributed by atoms with Crippen LogP contribution in [0.25, 0.3) is 0 Å². The quantitative estimate of drug-likeness (QED) is 0.847. The Kier molecular flexibility index (Phi) is 5.45. The molecule has 0 spiro atoms. The molecule has 1 atom stereocenters. The summed E-state index contributed by atoms with van der Waals surface area (Å²) in [7, 11) is 0. The Bertz CT molecular complexity index is 637. The summed E-state index contributed by atoms with van der Waals surface area (Å²) in [6.07, 6.45) is 2.24. The second kappa shape index (κ2) is 7.76. The minimum Gasteiger partial charge on any atom is -0.471 e. The second-order valence-electron chi connectivity index (χ2n) is 6.43. The third kappa shape index (κ3) is 4.64. The highest BCUT2D eigenvalue weighted by Gasteiger charge is 2.33. The molecule has 0 aromatic carbocycles. The predicted octanol–water partition coefficient (Wildman–Crippen LogP) is 1.86. The number of rotatable bonds is 6. The van der Waals surface area contributed by atoms with Crippen LogP contribution < -0.4 is 10.1 Å². The van der Waals surface area contributed by atoms with Gasteiger partial charge in [0.1, 0.15) is 5.56 Å². The number of likely N-dealkylation sites (tertiary alicyclic amines) is 1. The van der Waals surface area contributed by atoms with Crippen LogP contribution in [0.1, 0.15) is 36.0 Å². The molecule has 0 bridgehead atoms. The van der Waals surface area contributed by atoms with Gasteiger partial charge in [0.25, 0.3) is 12.3 Å². The number of ether oxygens (including phenoxy) is 1. The van der Waals surface area contributed by atoms with Crippen LogP contribution in [-0.2, 0) is 4.79 Å². The normalized spacial score (nSPS) is 20.4. The predicted molar refractivity (Wildman–Crippen MR) is 85.5 cm³/mol. The van der Waals surface area contributed by atoms with E-state index < -0.39 is 13.0 Å². The monoisotopic (exact) mass is 353 g/mol. The summed E-state index contributed by atoms with van der Waals surface area (Å²) in [5.74, 6) is -0.695. The Morgan fingerprint density at radius 2 is 2.16 bits per heavy atom. The van der Waals surface area contributed by atoms with Crippen molar-refractivity contribution in [1.29, 1.82) is 0 Å². The maximum absolute atomic E-state index is 12.8. The number of piperidine rings is 1. The van der Waals surface area contributed by atoms with Gasteiger partial charge in [0.05, 0.1) is 5.92 Å². The van der Waals surface area contributed by atoms with Crippen molar-refractivity contribution in [3.63, 3.8) is 0 Å². The van der Waals surface area contributed by atoms with Crippen molar-refractivity contribution in [1.82, 2.24) is 15.2 Å². The first-order valence-electron chi connectivity index (χ1n) is 8.50. The van der Waals surface area contributed by atoms with Gasteiger partial charge in [-0.15, -0.1) is 0 Å². The first-order valence-corrected chi connectivity index (χ1v) is 8.50. The van der Waals surface area contributed by atoms with Gasteiger partial charge in [-0.3, -0.25) is 9.59 Å². The molecular formula is C17H21F2N3O3. The lowest BCUT2D eigenvalue weighted by Crippen LogP contribution is -2.46. The van der Waals surface area contributed by atoms with Crippen LogP contribution in [0.15, 0.2) is 18.3 Å². The molecule has 1 unspecified atom stereocenters. The van der Waals surface area contributed by atoms with E-state index in [-0.39, 0.29) is 35.2 Å². The summed E-state index contributed by atoms with van der Waals surface area (Å²) in [6.45, 7) is 0.0273. The standard InChI is InChI=1S/C17H21F2N3O3/c18-14(19)10-25-16-13(4-1-7-20-16)17(24)22-8-2-3-11(9-22)15(23)21-12-5-6-12/h1,4,7,11-12,14H,2-3,5-6,8-10H2,(H,21,23). The van der Waals surface area contributed by atoms with E-state index in [0.29, 0.717) is 13.1 Å². The molecule has 3 rings (SSSR count). The Morgan fingerprint density at radius 1 is 1.36 bits per heavy atom. The van der Waals surface area contributed by atoms with Crippen LogP contribution in [0.4, 0.5) is 8.78 Å². The minimum absolute atomic E-state index is 0.0136. The zero-order chi connectivity index (χ0) is 17.8. The lowest BCUT2D eigenvalue weighted by Gasteiger charge is -2.32. The van der Waals surface area contributed by atoms with Crippen LogP contribution in [0, 0.1) is 5.92 Å². The Morgan fingerprint density at radius 3 is 2.88 bits per heavy atom. The lowest BCUT2D eigenvalue weighted by atomic mass is 9.96. The summed E-state index contributed by atoms with van der Waals surface area (Å²) in [4.78, 5) is 30.4. The van der Waals surface area contributed by atoms with Crippen LogP contribution in [-0.4, -0.2) is 53.9 Å². The number of pyridine rings is 1. The third-order valence-corrected chi connectivity index (χ3v) is 4.35. The number of hydrogen-bond donors (Lipinski definition) is 1. The largest absolute Gasteiger partial charge is 0.471 e. The fourth-order valence-corrected chi connectivity index (χ4v) is 2.90. The molecule has 1 aliphatic carbocycles. The molecule has 25 heavy (non-hydrogen) atoms. The van der Waals surface area contributed by atoms with Crippen LogP contribution in [0.3, 0.4) is 0 Å². The molecule has 2 heterocycles. The molecule has 0 radical (unpaired) electrons. The van der Waals surface area contributed by atoms with Gasteiger partial charge in [-0.1, -0.05) is 0 Å². The average molecular weight is 353 g/mol. The van der Waals surface area contributed by atoms with Crippen molar-refractivity contribution in [2.75, 3.05) is 19.7 Å². The Hall–Kier alpha value is -2.25. The van der Waals surface area contributed by atoms with Gasteiger partial charge in [-0.2, -0.15) is 0 Å². The number of nitrogens with one attached hydrogen (secondary N) is 1. The highest BCUT2D eigenvalue weighted by atomic mass is 19.3. The summed E-state index contributed by atoms with van der Waals surface area (Å²) in [5, 5.41) is 2.97. The van der Waals surface area contributed by atoms with E-state index in [1.165, 1.54) is 12.3 Å². The first-order chi connectivity index (χ1) is 12.0. The lowest BCUT2D eigenvalue weighted by molar-refractivity contribution is -0.126. The van der Waals surface area contributed by atoms with Crippen molar-refractivity contribution < 1.29 is 23.1 Å². The Labute approximate surface area is 144 Å². The van der Waals surface area contributed by atoms with Gasteiger partial charge < -0.3 is 15.0 Å². The van der Waals surface area contributed by atoms with Gasteiger partial charge >= 0.3 is 0 Å². The number of carbonyl (C=O) groups is 2. The number of halogens is 2. The maximum atomic E-state index is 12.8. The van der Waals surface area contributed by atoms with Gasteiger partial charge in [0.15, 0.2) is 6.61 Å². The molecule has 2 amide bonds. The van der Waals surface area contributed by atoms with E-state index >= 15 is 0 Å². The third-order valence-electron chi connectivity index (χ3n) is 4.35. The van der Waals surface area contributed by atoms with Gasteiger partial charge in [0.2, 0.25) is 11.8 Å². The van der Waals surface area contributed by atoms with E-state index in [9.17, 15) is 18.4 Å². The van der Waals surface area contributed by atoms with E-state index in [1.54, 1.807) is 11.0 Å². The summed E-state index contributed by atoms with van der Waals surface area (Å²) < 4.78 is 29.7. The van der Waals surface area contributed by atoms with Crippen LogP contribution >= 0.6 is 0 Å². The molecule has 1 saturated carbocycles. The smallest absolute Gasteiger partial charge is 0.272 e. The van der Waals surface area contributed by atoms with E-state index in [2.05, 4.69) is 10.3 Å². The van der Waals surface area contributed by atoms with Crippen molar-refractivity contribution in [3.8, 4) is 5.88 Å². The maximum Gasteiger partial charge on any atom is 0.272 e. The number of aromatic nitrogens is 1. The number of amides is 2. The highest BCUT2D eigenvalue weighted by molar-refractivity contribution is 5.96. The van der Waals surface area contributed by atoms with Crippen molar-refractivity contribution in [2.24, 2.45) is 5.92 Å². The van der Waals surface area contributed by atoms with E-state index in [4.69, 9.17) is 4.74 Å². The fraction of sp³-hybridized carbons (Fsp3) is 0.588. The highest BCUT2D eigenvalue weighted by Crippen LogP contribution is 2.24. The molecule has 1 aliphatic heterocycles. The minimum atomic E-state index is -2.64. The van der Waals surface area contributed by atoms with E-state index in [0.717, 1.165) is 25.7 Å². The second-order valence-corrected chi connectivity index (χ2v) is 6.43. The summed E-state index contributed by atoms with van der Waals surface area (Å²) in [5.41, 5.74) is 0.145. The van der Waals surface area contributed by atoms with Gasteiger partial charge in [-0.05, 0) is 37.8 Å². The zero-order valence-corrected chi connectivity index (χ0v) is 13.8. The van der Waals surface area contributed by atoms with Crippen molar-refractivity contribution in [3.05, 3.63) is 23.9 Å². The summed E-state index contributed by atoms with van der Waals surface area (Å²) >= 11 is 0. The SMILES string of the molecule is O=C(NC1CC1)C1CCCN(C(=O)c2cccnc2OCC(F)F)C1. The molecule has 6 nitrogen and oxygen atoms in total. The molecule has 1 N–H and O–H groups in total. The molecule has 2 aliphatic rings. The molecule has 1 aromatic heterocycles. The summed E-state index contributed by atoms with van der Waals surface area (Å²) in [6, 6.07) is 3.35. The molecule has 2 fully saturated rings. The van der Waals surface area contributed by atoms with Crippen molar-refractivity contribution >= 4 is 11.8 Å². The molecule has 1 aromatic rings. The average Bonchev–Trinajstić information content (AvgIpc) is 3.43. The number of alkyl halides is 2. The topological polar surface area (TPSA) is 71.5 Å². The molecule has 136 valence electrons. The van der Waals surface area contributed by atoms with Gasteiger partial charge in [-0.25, -0.2) is 13.8 Å². The fourth-order valence-electron chi connectivity index (χ4n) is 2.90. The van der Waals surface area contributed by atoms with Gasteiger partial charge in [0, 0.05) is 25.3 Å². The number of nitrogens with zero attached hydrogens (tertiary/aromatic N) is 2. The molecule has 1 saturated heterocycles. The van der Waals surface area contributed by atoms with E-state index in [1.807, 2.05) is 0 Å².